The molecule has 8 heteroatoms. The van der Waals surface area contributed by atoms with E-state index in [0.717, 1.165) is 44.7 Å². The van der Waals surface area contributed by atoms with Crippen LogP contribution in [0.25, 0.3) is 38.8 Å². The zero-order valence-electron chi connectivity index (χ0n) is 16.2. The number of non-ortho nitro benzene ring substituents is 1. The number of rotatable bonds is 3. The molecule has 7 nitrogen and oxygen atoms in total. The Labute approximate surface area is 169 Å². The van der Waals surface area contributed by atoms with Crippen molar-refractivity contribution >= 4 is 27.6 Å². The van der Waals surface area contributed by atoms with Crippen LogP contribution in [-0.2, 0) is 0 Å². The van der Waals surface area contributed by atoms with Gasteiger partial charge in [0.25, 0.3) is 5.69 Å². The maximum absolute atomic E-state index is 14.9. The number of fused-ring (bicyclic) bond motifs is 2. The molecule has 0 saturated heterocycles. The first-order valence-electron chi connectivity index (χ1n) is 9.30. The number of nitrogens with zero attached hydrogens (tertiary/aromatic N) is 4. The van der Waals surface area contributed by atoms with Crippen LogP contribution in [0, 0.1) is 29.8 Å². The third-order valence-corrected chi connectivity index (χ3v) is 5.43. The van der Waals surface area contributed by atoms with E-state index in [9.17, 15) is 14.5 Å². The molecule has 0 aliphatic carbocycles. The fourth-order valence-corrected chi connectivity index (χ4v) is 4.10. The Hall–Kier alpha value is -4.07. The van der Waals surface area contributed by atoms with Crippen molar-refractivity contribution in [2.45, 2.75) is 13.8 Å². The zero-order valence-corrected chi connectivity index (χ0v) is 16.2. The lowest BCUT2D eigenvalue weighted by Crippen LogP contribution is -2.02. The van der Waals surface area contributed by atoms with E-state index in [0.29, 0.717) is 5.65 Å². The Kier molecular flexibility index (Phi) is 3.89. The fraction of sp³-hybridized carbons (Fsp3) is 0.0909. The lowest BCUT2D eigenvalue weighted by Gasteiger charge is -2.11. The van der Waals surface area contributed by atoms with Crippen LogP contribution in [0.4, 0.5) is 10.1 Å². The number of H-pyrrole nitrogens is 1. The van der Waals surface area contributed by atoms with Gasteiger partial charge in [-0.25, -0.2) is 9.37 Å². The molecule has 2 aromatic carbocycles. The lowest BCUT2D eigenvalue weighted by molar-refractivity contribution is -0.385. The smallest absolute Gasteiger partial charge is 0.272 e. The molecule has 1 N–H and O–H groups in total. The van der Waals surface area contributed by atoms with Crippen LogP contribution in [0.3, 0.4) is 0 Å². The zero-order chi connectivity index (χ0) is 21.0. The van der Waals surface area contributed by atoms with Crippen LogP contribution >= 0.6 is 0 Å². The molecule has 0 unspecified atom stereocenters. The van der Waals surface area contributed by atoms with Gasteiger partial charge in [-0.1, -0.05) is 6.07 Å². The molecule has 5 rings (SSSR count). The standard InChI is InChI=1S/C22H16FN5O2/c1-12-5-7-18-16(11-25-26-18)20(12)21-13(2)27(22-15(21)4-3-9-24-22)19-8-6-14(28(29)30)10-17(19)23/h3-11H,1-2H3,(H,25,26). The summed E-state index contributed by atoms with van der Waals surface area (Å²) in [7, 11) is 0. The number of nitrogens with one attached hydrogen (secondary N) is 1. The molecular weight excluding hydrogens is 385 g/mol. The van der Waals surface area contributed by atoms with E-state index >= 15 is 0 Å². The first-order valence-corrected chi connectivity index (χ1v) is 9.30. The minimum absolute atomic E-state index is 0.213. The summed E-state index contributed by atoms with van der Waals surface area (Å²) in [6.07, 6.45) is 3.43. The average Bonchev–Trinajstić information content (AvgIpc) is 3.31. The third kappa shape index (κ3) is 2.50. The topological polar surface area (TPSA) is 89.6 Å². The number of hydrogen-bond donors (Lipinski definition) is 1. The number of aromatic nitrogens is 4. The maximum atomic E-state index is 14.9. The van der Waals surface area contributed by atoms with Crippen LogP contribution in [0.5, 0.6) is 0 Å². The van der Waals surface area contributed by atoms with Crippen molar-refractivity contribution in [1.82, 2.24) is 19.7 Å². The quantitative estimate of drug-likeness (QED) is 0.331. The van der Waals surface area contributed by atoms with Gasteiger partial charge < -0.3 is 0 Å². The number of aromatic amines is 1. The molecule has 0 fully saturated rings. The van der Waals surface area contributed by atoms with Gasteiger partial charge in [0.05, 0.1) is 28.4 Å². The molecule has 30 heavy (non-hydrogen) atoms. The van der Waals surface area contributed by atoms with Crippen LogP contribution in [0.2, 0.25) is 0 Å². The number of pyridine rings is 1. The molecule has 0 spiro atoms. The maximum Gasteiger partial charge on any atom is 0.272 e. The minimum Gasteiger partial charge on any atom is -0.295 e. The highest BCUT2D eigenvalue weighted by Gasteiger charge is 2.23. The van der Waals surface area contributed by atoms with Crippen LogP contribution in [0.1, 0.15) is 11.3 Å². The lowest BCUT2D eigenvalue weighted by atomic mass is 9.95. The molecule has 5 aromatic rings. The number of aryl methyl sites for hydroxylation is 1. The molecule has 0 aliphatic rings. The van der Waals surface area contributed by atoms with E-state index in [1.807, 2.05) is 38.1 Å². The Balaban J connectivity index is 1.88. The van der Waals surface area contributed by atoms with Crippen LogP contribution in [0.15, 0.2) is 54.9 Å². The highest BCUT2D eigenvalue weighted by molar-refractivity contribution is 6.06. The fourth-order valence-electron chi connectivity index (χ4n) is 4.10. The molecule has 3 aromatic heterocycles. The van der Waals surface area contributed by atoms with Crippen molar-refractivity contribution in [2.75, 3.05) is 0 Å². The summed E-state index contributed by atoms with van der Waals surface area (Å²) in [6, 6.07) is 11.4. The van der Waals surface area contributed by atoms with Crippen molar-refractivity contribution in [2.24, 2.45) is 0 Å². The predicted molar refractivity (Wildman–Crippen MR) is 112 cm³/mol. The molecule has 0 atom stereocenters. The van der Waals surface area contributed by atoms with Crippen molar-refractivity contribution in [3.63, 3.8) is 0 Å². The average molecular weight is 401 g/mol. The van der Waals surface area contributed by atoms with E-state index < -0.39 is 10.7 Å². The second-order valence-electron chi connectivity index (χ2n) is 7.15. The van der Waals surface area contributed by atoms with Crippen molar-refractivity contribution in [3.8, 4) is 16.8 Å². The molecule has 0 saturated carbocycles. The first-order chi connectivity index (χ1) is 14.5. The highest BCUT2D eigenvalue weighted by atomic mass is 19.1. The molecular formula is C22H16FN5O2. The normalized spacial score (nSPS) is 11.4. The first kappa shape index (κ1) is 18.0. The van der Waals surface area contributed by atoms with Gasteiger partial charge in [0.2, 0.25) is 0 Å². The number of nitro groups is 1. The van der Waals surface area contributed by atoms with Gasteiger partial charge in [0.15, 0.2) is 5.82 Å². The van der Waals surface area contributed by atoms with Gasteiger partial charge in [-0.3, -0.25) is 19.8 Å². The summed E-state index contributed by atoms with van der Waals surface area (Å²) >= 11 is 0. The molecule has 148 valence electrons. The summed E-state index contributed by atoms with van der Waals surface area (Å²) in [6.45, 7) is 3.92. The van der Waals surface area contributed by atoms with E-state index in [-0.39, 0.29) is 11.4 Å². The molecule has 3 heterocycles. The minimum atomic E-state index is -0.681. The monoisotopic (exact) mass is 401 g/mol. The van der Waals surface area contributed by atoms with E-state index in [1.165, 1.54) is 12.1 Å². The van der Waals surface area contributed by atoms with E-state index in [4.69, 9.17) is 0 Å². The number of nitro benzene ring substituents is 1. The van der Waals surface area contributed by atoms with Crippen molar-refractivity contribution < 1.29 is 9.31 Å². The summed E-state index contributed by atoms with van der Waals surface area (Å²) in [5.41, 5.74) is 5.17. The summed E-state index contributed by atoms with van der Waals surface area (Å²) in [5, 5.41) is 20.0. The van der Waals surface area contributed by atoms with E-state index in [2.05, 4.69) is 15.2 Å². The van der Waals surface area contributed by atoms with E-state index in [1.54, 1.807) is 17.0 Å². The molecule has 0 bridgehead atoms. The van der Waals surface area contributed by atoms with Crippen molar-refractivity contribution in [3.05, 3.63) is 82.0 Å². The number of hydrogen-bond acceptors (Lipinski definition) is 4. The Morgan fingerprint density at radius 3 is 2.70 bits per heavy atom. The Morgan fingerprint density at radius 2 is 1.93 bits per heavy atom. The number of halogens is 1. The van der Waals surface area contributed by atoms with Crippen LogP contribution < -0.4 is 0 Å². The van der Waals surface area contributed by atoms with Gasteiger partial charge in [-0.05, 0) is 49.2 Å². The highest BCUT2D eigenvalue weighted by Crippen LogP contribution is 2.40. The molecule has 0 aliphatic heterocycles. The van der Waals surface area contributed by atoms with Gasteiger partial charge in [-0.2, -0.15) is 5.10 Å². The van der Waals surface area contributed by atoms with Gasteiger partial charge >= 0.3 is 0 Å². The molecule has 0 radical (unpaired) electrons. The number of benzene rings is 2. The van der Waals surface area contributed by atoms with Gasteiger partial charge in [0, 0.05) is 34.3 Å². The Bertz CT molecular complexity index is 1470. The van der Waals surface area contributed by atoms with Crippen LogP contribution in [-0.4, -0.2) is 24.7 Å². The Morgan fingerprint density at radius 1 is 1.10 bits per heavy atom. The summed E-state index contributed by atoms with van der Waals surface area (Å²) in [5.74, 6) is -0.681. The third-order valence-electron chi connectivity index (χ3n) is 5.43. The largest absolute Gasteiger partial charge is 0.295 e. The second-order valence-corrected chi connectivity index (χ2v) is 7.15. The van der Waals surface area contributed by atoms with Crippen molar-refractivity contribution in [1.29, 1.82) is 0 Å². The summed E-state index contributed by atoms with van der Waals surface area (Å²) < 4.78 is 16.6. The van der Waals surface area contributed by atoms with Gasteiger partial charge in [-0.15, -0.1) is 0 Å². The predicted octanol–water partition coefficient (Wildman–Crippen LogP) is 5.23. The molecule has 0 amide bonds. The second kappa shape index (κ2) is 6.48. The van der Waals surface area contributed by atoms with Gasteiger partial charge in [0.1, 0.15) is 5.65 Å². The summed E-state index contributed by atoms with van der Waals surface area (Å²) in [4.78, 5) is 14.9. The SMILES string of the molecule is Cc1ccc2[nH]ncc2c1-c1c(C)n(-c2ccc([N+](=O)[O-])cc2F)c2ncccc12.